The van der Waals surface area contributed by atoms with Gasteiger partial charge in [-0.15, -0.1) is 0 Å². The normalized spacial score (nSPS) is 12.7. The fraction of sp³-hybridized carbons (Fsp3) is 0.333. The molecule has 1 aromatic rings. The summed E-state index contributed by atoms with van der Waals surface area (Å²) < 4.78 is 31.1. The van der Waals surface area contributed by atoms with Crippen LogP contribution in [0.1, 0.15) is 11.7 Å². The molecule has 15 heavy (non-hydrogen) atoms. The van der Waals surface area contributed by atoms with E-state index in [1.54, 1.807) is 0 Å². The van der Waals surface area contributed by atoms with Gasteiger partial charge in [0.05, 0.1) is 23.8 Å². The number of halogens is 3. The molecule has 3 N–H and O–H groups in total. The molecule has 0 spiro atoms. The largest absolute Gasteiger partial charge is 0.495 e. The van der Waals surface area contributed by atoms with Crippen LogP contribution in [0, 0.1) is 11.6 Å². The Labute approximate surface area is 90.4 Å². The minimum atomic E-state index is -1.35. The standard InChI is InChI=1S/C9H10ClF2NO2/c1-15-9-4(10)2-5(11)8(12)7(9)6(14)3-13/h2,6,14H,3,13H2,1H3. The van der Waals surface area contributed by atoms with Crippen molar-refractivity contribution in [2.24, 2.45) is 5.73 Å². The first-order valence-electron chi connectivity index (χ1n) is 4.12. The molecule has 0 aliphatic carbocycles. The summed E-state index contributed by atoms with van der Waals surface area (Å²) in [5, 5.41) is 9.29. The predicted molar refractivity (Wildman–Crippen MR) is 51.9 cm³/mol. The maximum Gasteiger partial charge on any atom is 0.168 e. The molecule has 0 aromatic heterocycles. The second-order valence-corrected chi connectivity index (χ2v) is 3.26. The first-order chi connectivity index (χ1) is 7.02. The van der Waals surface area contributed by atoms with Crippen LogP contribution in [0.5, 0.6) is 5.75 Å². The van der Waals surface area contributed by atoms with Crippen LogP contribution in [-0.2, 0) is 0 Å². The first kappa shape index (κ1) is 12.2. The summed E-state index contributed by atoms with van der Waals surface area (Å²) in [7, 11) is 1.24. The fourth-order valence-electron chi connectivity index (χ4n) is 1.22. The van der Waals surface area contributed by atoms with Crippen LogP contribution < -0.4 is 10.5 Å². The Morgan fingerprint density at radius 1 is 1.60 bits per heavy atom. The van der Waals surface area contributed by atoms with Gasteiger partial charge in [-0.2, -0.15) is 0 Å². The Morgan fingerprint density at radius 3 is 2.67 bits per heavy atom. The summed E-state index contributed by atoms with van der Waals surface area (Å²) in [4.78, 5) is 0. The van der Waals surface area contributed by atoms with Crippen LogP contribution in [0.3, 0.4) is 0 Å². The minimum Gasteiger partial charge on any atom is -0.495 e. The lowest BCUT2D eigenvalue weighted by Crippen LogP contribution is -2.15. The van der Waals surface area contributed by atoms with Gasteiger partial charge in [-0.3, -0.25) is 0 Å². The minimum absolute atomic E-state index is 0.103. The highest BCUT2D eigenvalue weighted by Crippen LogP contribution is 2.35. The molecule has 1 rings (SSSR count). The van der Waals surface area contributed by atoms with E-state index in [0.717, 1.165) is 6.07 Å². The van der Waals surface area contributed by atoms with Gasteiger partial charge in [0.2, 0.25) is 0 Å². The third-order valence-corrected chi connectivity index (χ3v) is 2.20. The Balaban J connectivity index is 3.43. The Morgan fingerprint density at radius 2 is 2.20 bits per heavy atom. The summed E-state index contributed by atoms with van der Waals surface area (Å²) in [6, 6.07) is 0.780. The van der Waals surface area contributed by atoms with Crippen molar-refractivity contribution in [3.05, 3.63) is 28.3 Å². The molecule has 0 heterocycles. The summed E-state index contributed by atoms with van der Waals surface area (Å²) >= 11 is 5.62. The smallest absolute Gasteiger partial charge is 0.168 e. The Bertz CT molecular complexity index is 374. The van der Waals surface area contributed by atoms with E-state index >= 15 is 0 Å². The van der Waals surface area contributed by atoms with E-state index in [-0.39, 0.29) is 22.9 Å². The Kier molecular flexibility index (Phi) is 3.84. The number of benzene rings is 1. The molecule has 0 saturated heterocycles. The molecule has 0 fully saturated rings. The average molecular weight is 238 g/mol. The van der Waals surface area contributed by atoms with Gasteiger partial charge in [0.1, 0.15) is 5.75 Å². The topological polar surface area (TPSA) is 55.5 Å². The van der Waals surface area contributed by atoms with Crippen molar-refractivity contribution in [2.45, 2.75) is 6.10 Å². The Hall–Kier alpha value is -0.910. The van der Waals surface area contributed by atoms with Crippen molar-refractivity contribution in [3.8, 4) is 5.75 Å². The maximum atomic E-state index is 13.3. The summed E-state index contributed by atoms with van der Waals surface area (Å²) in [6.45, 7) is -0.257. The molecule has 3 nitrogen and oxygen atoms in total. The van der Waals surface area contributed by atoms with Gasteiger partial charge in [0, 0.05) is 6.54 Å². The van der Waals surface area contributed by atoms with Crippen molar-refractivity contribution in [2.75, 3.05) is 13.7 Å². The monoisotopic (exact) mass is 237 g/mol. The number of nitrogens with two attached hydrogens (primary N) is 1. The van der Waals surface area contributed by atoms with Crippen molar-refractivity contribution in [1.29, 1.82) is 0 Å². The molecule has 0 saturated carbocycles. The van der Waals surface area contributed by atoms with Crippen LogP contribution in [0.4, 0.5) is 8.78 Å². The highest BCUT2D eigenvalue weighted by atomic mass is 35.5. The van der Waals surface area contributed by atoms with Crippen LogP contribution in [0.2, 0.25) is 5.02 Å². The van der Waals surface area contributed by atoms with Gasteiger partial charge in [0.15, 0.2) is 11.6 Å². The van der Waals surface area contributed by atoms with E-state index in [4.69, 9.17) is 22.1 Å². The van der Waals surface area contributed by atoms with E-state index in [0.29, 0.717) is 0 Å². The van der Waals surface area contributed by atoms with Crippen molar-refractivity contribution in [3.63, 3.8) is 0 Å². The number of aliphatic hydroxyl groups excluding tert-OH is 1. The number of ether oxygens (including phenoxy) is 1. The number of hydrogen-bond donors (Lipinski definition) is 2. The van der Waals surface area contributed by atoms with E-state index in [1.807, 2.05) is 0 Å². The van der Waals surface area contributed by atoms with Crippen LogP contribution in [-0.4, -0.2) is 18.8 Å². The molecular formula is C9H10ClF2NO2. The fourth-order valence-corrected chi connectivity index (χ4v) is 1.49. The zero-order valence-electron chi connectivity index (χ0n) is 7.93. The van der Waals surface area contributed by atoms with Crippen LogP contribution in [0.15, 0.2) is 6.07 Å². The molecule has 84 valence electrons. The predicted octanol–water partition coefficient (Wildman–Crippen LogP) is 1.62. The molecular weight excluding hydrogens is 228 g/mol. The second-order valence-electron chi connectivity index (χ2n) is 2.85. The number of hydrogen-bond acceptors (Lipinski definition) is 3. The molecule has 1 unspecified atom stereocenters. The average Bonchev–Trinajstić information content (AvgIpc) is 2.21. The molecule has 0 bridgehead atoms. The lowest BCUT2D eigenvalue weighted by atomic mass is 10.1. The third-order valence-electron chi connectivity index (χ3n) is 1.92. The van der Waals surface area contributed by atoms with Crippen molar-refractivity contribution >= 4 is 11.6 Å². The van der Waals surface area contributed by atoms with Gasteiger partial charge in [-0.05, 0) is 6.07 Å². The highest BCUT2D eigenvalue weighted by Gasteiger charge is 2.23. The number of methoxy groups -OCH3 is 1. The lowest BCUT2D eigenvalue weighted by molar-refractivity contribution is 0.175. The van der Waals surface area contributed by atoms with Gasteiger partial charge < -0.3 is 15.6 Å². The molecule has 1 aromatic carbocycles. The van der Waals surface area contributed by atoms with E-state index < -0.39 is 17.7 Å². The van der Waals surface area contributed by atoms with Crippen molar-refractivity contribution in [1.82, 2.24) is 0 Å². The van der Waals surface area contributed by atoms with Crippen molar-refractivity contribution < 1.29 is 18.6 Å². The maximum absolute atomic E-state index is 13.3. The molecule has 0 aliphatic heterocycles. The molecule has 6 heteroatoms. The van der Waals surface area contributed by atoms with Gasteiger partial charge in [-0.25, -0.2) is 8.78 Å². The lowest BCUT2D eigenvalue weighted by Gasteiger charge is -2.15. The van der Waals surface area contributed by atoms with E-state index in [2.05, 4.69) is 0 Å². The number of rotatable bonds is 3. The SMILES string of the molecule is COc1c(Cl)cc(F)c(F)c1C(O)CN. The number of aliphatic hydroxyl groups is 1. The van der Waals surface area contributed by atoms with Gasteiger partial charge in [-0.1, -0.05) is 11.6 Å². The van der Waals surface area contributed by atoms with Crippen LogP contribution >= 0.6 is 11.6 Å². The molecule has 1 atom stereocenters. The van der Waals surface area contributed by atoms with Gasteiger partial charge >= 0.3 is 0 Å². The van der Waals surface area contributed by atoms with E-state index in [1.165, 1.54) is 7.11 Å². The summed E-state index contributed by atoms with van der Waals surface area (Å²) in [5.41, 5.74) is 4.80. The second kappa shape index (κ2) is 4.74. The summed E-state index contributed by atoms with van der Waals surface area (Å²) in [5.74, 6) is -2.45. The zero-order valence-corrected chi connectivity index (χ0v) is 8.68. The third kappa shape index (κ3) is 2.19. The molecule has 0 aliphatic rings. The summed E-state index contributed by atoms with van der Waals surface area (Å²) in [6.07, 6.45) is -1.35. The molecule has 0 radical (unpaired) electrons. The highest BCUT2D eigenvalue weighted by molar-refractivity contribution is 6.32. The molecule has 0 amide bonds. The zero-order chi connectivity index (χ0) is 11.6. The van der Waals surface area contributed by atoms with Gasteiger partial charge in [0.25, 0.3) is 0 Å². The quantitative estimate of drug-likeness (QED) is 0.786. The van der Waals surface area contributed by atoms with Crippen LogP contribution in [0.25, 0.3) is 0 Å². The first-order valence-corrected chi connectivity index (χ1v) is 4.50. The van der Waals surface area contributed by atoms with E-state index in [9.17, 15) is 13.9 Å².